The van der Waals surface area contributed by atoms with Gasteiger partial charge in [0.2, 0.25) is 5.91 Å². The summed E-state index contributed by atoms with van der Waals surface area (Å²) in [5.74, 6) is 0.271. The number of anilines is 2. The summed E-state index contributed by atoms with van der Waals surface area (Å²) < 4.78 is 28.4. The molecule has 0 aromatic carbocycles. The highest BCUT2D eigenvalue weighted by Crippen LogP contribution is 2.34. The average molecular weight is 299 g/mol. The second-order valence-electron chi connectivity index (χ2n) is 4.78. The molecule has 2 aliphatic rings. The number of nitrogens with zero attached hydrogens (tertiary/aromatic N) is 2. The van der Waals surface area contributed by atoms with Crippen LogP contribution in [0.5, 0.6) is 0 Å². The van der Waals surface area contributed by atoms with Crippen LogP contribution in [0.25, 0.3) is 0 Å². The van der Waals surface area contributed by atoms with E-state index in [2.05, 4.69) is 5.32 Å². The molecule has 0 radical (unpaired) electrons. The van der Waals surface area contributed by atoms with Crippen LogP contribution in [0.1, 0.15) is 0 Å². The minimum Gasteiger partial charge on any atom is -0.373 e. The zero-order valence-corrected chi connectivity index (χ0v) is 11.5. The summed E-state index contributed by atoms with van der Waals surface area (Å²) in [5.41, 5.74) is 0.457. The minimum absolute atomic E-state index is 0.112. The van der Waals surface area contributed by atoms with Crippen LogP contribution in [0.4, 0.5) is 11.5 Å². The number of amides is 1. The molecule has 8 nitrogen and oxygen atoms in total. The fraction of sp³-hybridized carbons (Fsp3) is 0.455. The van der Waals surface area contributed by atoms with Crippen LogP contribution < -0.4 is 15.8 Å². The Bertz CT molecular complexity index is 739. The molecule has 3 heterocycles. The Morgan fingerprint density at radius 2 is 2.15 bits per heavy atom. The number of rotatable bonds is 3. The first-order valence-corrected chi connectivity index (χ1v) is 7.82. The van der Waals surface area contributed by atoms with Crippen LogP contribution in [0.3, 0.4) is 0 Å². The van der Waals surface area contributed by atoms with Crippen molar-refractivity contribution in [1.82, 2.24) is 4.57 Å². The second-order valence-corrected chi connectivity index (χ2v) is 6.42. The van der Waals surface area contributed by atoms with E-state index in [9.17, 15) is 18.0 Å². The molecule has 1 aromatic heterocycles. The summed E-state index contributed by atoms with van der Waals surface area (Å²) in [7, 11) is -3.59. The van der Waals surface area contributed by atoms with Gasteiger partial charge >= 0.3 is 0 Å². The second kappa shape index (κ2) is 4.32. The van der Waals surface area contributed by atoms with Gasteiger partial charge in [0.25, 0.3) is 15.7 Å². The van der Waals surface area contributed by atoms with Gasteiger partial charge in [0.15, 0.2) is 0 Å². The highest BCUT2D eigenvalue weighted by molar-refractivity contribution is 7.85. The Morgan fingerprint density at radius 3 is 2.85 bits per heavy atom. The van der Waals surface area contributed by atoms with Crippen molar-refractivity contribution in [2.45, 2.75) is 12.6 Å². The maximum atomic E-state index is 12.0. The van der Waals surface area contributed by atoms with Gasteiger partial charge in [-0.25, -0.2) is 0 Å². The molecule has 108 valence electrons. The predicted molar refractivity (Wildman–Crippen MR) is 71.3 cm³/mol. The predicted octanol–water partition coefficient (Wildman–Crippen LogP) is -1.03. The van der Waals surface area contributed by atoms with Gasteiger partial charge in [0.1, 0.15) is 5.82 Å². The molecule has 1 aromatic rings. The molecule has 3 rings (SSSR count). The standard InChI is InChI=1S/C11H13N3O5S/c1-20(17,18)19-6-7-5-13-9(15)3-2-8-11(13)14(7)10(16)4-12-8/h2-3,7,12H,4-6H2,1H3. The molecular weight excluding hydrogens is 286 g/mol. The quantitative estimate of drug-likeness (QED) is 0.716. The van der Waals surface area contributed by atoms with E-state index < -0.39 is 16.2 Å². The first-order chi connectivity index (χ1) is 9.37. The van der Waals surface area contributed by atoms with E-state index >= 15 is 0 Å². The summed E-state index contributed by atoms with van der Waals surface area (Å²) in [6.45, 7) is 0.177. The van der Waals surface area contributed by atoms with Gasteiger partial charge in [0.05, 0.1) is 37.7 Å². The molecule has 9 heteroatoms. The van der Waals surface area contributed by atoms with E-state index in [0.717, 1.165) is 6.26 Å². The highest BCUT2D eigenvalue weighted by atomic mass is 32.2. The van der Waals surface area contributed by atoms with E-state index in [-0.39, 0.29) is 31.2 Å². The summed E-state index contributed by atoms with van der Waals surface area (Å²) in [6, 6.07) is 2.54. The zero-order chi connectivity index (χ0) is 14.5. The molecule has 0 bridgehead atoms. The largest absolute Gasteiger partial charge is 0.373 e. The molecule has 0 aliphatic carbocycles. The Balaban J connectivity index is 1.99. The zero-order valence-electron chi connectivity index (χ0n) is 10.7. The summed E-state index contributed by atoms with van der Waals surface area (Å²) >= 11 is 0. The molecule has 0 saturated carbocycles. The van der Waals surface area contributed by atoms with Crippen molar-refractivity contribution in [3.63, 3.8) is 0 Å². The van der Waals surface area contributed by atoms with Gasteiger partial charge in [-0.05, 0) is 6.07 Å². The molecule has 20 heavy (non-hydrogen) atoms. The molecule has 1 unspecified atom stereocenters. The van der Waals surface area contributed by atoms with Gasteiger partial charge in [-0.3, -0.25) is 23.2 Å². The van der Waals surface area contributed by atoms with Crippen molar-refractivity contribution in [3.8, 4) is 0 Å². The third-order valence-electron chi connectivity index (χ3n) is 3.32. The van der Waals surface area contributed by atoms with Gasteiger partial charge in [-0.1, -0.05) is 0 Å². The van der Waals surface area contributed by atoms with Gasteiger partial charge in [-0.2, -0.15) is 8.42 Å². The monoisotopic (exact) mass is 299 g/mol. The van der Waals surface area contributed by atoms with E-state index in [1.54, 1.807) is 6.07 Å². The fourth-order valence-electron chi connectivity index (χ4n) is 2.52. The summed E-state index contributed by atoms with van der Waals surface area (Å²) in [5, 5.41) is 2.93. The lowest BCUT2D eigenvalue weighted by molar-refractivity contribution is -0.117. The Hall–Kier alpha value is -1.87. The number of carbonyl (C=O) groups excluding carboxylic acids is 1. The van der Waals surface area contributed by atoms with E-state index in [4.69, 9.17) is 4.18 Å². The van der Waals surface area contributed by atoms with Gasteiger partial charge in [0, 0.05) is 6.07 Å². The number of nitrogens with one attached hydrogen (secondary N) is 1. The molecule has 0 saturated heterocycles. The number of pyridine rings is 1. The van der Waals surface area contributed by atoms with Gasteiger partial charge in [-0.15, -0.1) is 0 Å². The van der Waals surface area contributed by atoms with Crippen molar-refractivity contribution in [3.05, 3.63) is 22.5 Å². The molecule has 1 N–H and O–H groups in total. The van der Waals surface area contributed by atoms with E-state index in [0.29, 0.717) is 11.5 Å². The lowest BCUT2D eigenvalue weighted by Crippen LogP contribution is -2.46. The van der Waals surface area contributed by atoms with Crippen molar-refractivity contribution < 1.29 is 17.4 Å². The molecule has 1 amide bonds. The lowest BCUT2D eigenvalue weighted by Gasteiger charge is -2.29. The molecule has 0 spiro atoms. The first kappa shape index (κ1) is 13.1. The maximum Gasteiger partial charge on any atom is 0.264 e. The maximum absolute atomic E-state index is 12.0. The number of hydrogen-bond acceptors (Lipinski definition) is 6. The Morgan fingerprint density at radius 1 is 1.40 bits per heavy atom. The summed E-state index contributed by atoms with van der Waals surface area (Å²) in [6.07, 6.45) is 0.951. The average Bonchev–Trinajstić information content (AvgIpc) is 2.75. The van der Waals surface area contributed by atoms with E-state index in [1.165, 1.54) is 15.5 Å². The number of aromatic nitrogens is 1. The number of carbonyl (C=O) groups is 1. The van der Waals surface area contributed by atoms with Crippen LogP contribution in [0, 0.1) is 0 Å². The highest BCUT2D eigenvalue weighted by Gasteiger charge is 2.39. The molecule has 0 fully saturated rings. The SMILES string of the molecule is CS(=O)(=O)OCC1Cn2c3c(ccc2=O)NCC(=O)N31. The van der Waals surface area contributed by atoms with Crippen LogP contribution in [-0.4, -0.2) is 44.3 Å². The Labute approximate surface area is 115 Å². The Kier molecular flexibility index (Phi) is 2.83. The van der Waals surface area contributed by atoms with Crippen molar-refractivity contribution >= 4 is 27.5 Å². The molecule has 2 aliphatic heterocycles. The van der Waals surface area contributed by atoms with Crippen LogP contribution >= 0.6 is 0 Å². The third kappa shape index (κ3) is 2.08. The number of hydrogen-bond donors (Lipinski definition) is 1. The van der Waals surface area contributed by atoms with Crippen LogP contribution in [-0.2, 0) is 25.6 Å². The minimum atomic E-state index is -3.59. The van der Waals surface area contributed by atoms with Crippen LogP contribution in [0.2, 0.25) is 0 Å². The van der Waals surface area contributed by atoms with Crippen molar-refractivity contribution in [2.75, 3.05) is 29.6 Å². The van der Waals surface area contributed by atoms with Crippen LogP contribution in [0.15, 0.2) is 16.9 Å². The molecule has 1 atom stereocenters. The third-order valence-corrected chi connectivity index (χ3v) is 3.88. The normalized spacial score (nSPS) is 20.8. The summed E-state index contributed by atoms with van der Waals surface area (Å²) in [4.78, 5) is 25.3. The lowest BCUT2D eigenvalue weighted by atomic mass is 10.2. The van der Waals surface area contributed by atoms with Crippen molar-refractivity contribution in [2.24, 2.45) is 0 Å². The van der Waals surface area contributed by atoms with Gasteiger partial charge < -0.3 is 5.32 Å². The smallest absolute Gasteiger partial charge is 0.264 e. The van der Waals surface area contributed by atoms with E-state index in [1.807, 2.05) is 0 Å². The topological polar surface area (TPSA) is 97.7 Å². The molecular formula is C11H13N3O5S. The fourth-order valence-corrected chi connectivity index (χ4v) is 2.92. The first-order valence-electron chi connectivity index (χ1n) is 6.01. The van der Waals surface area contributed by atoms with Crippen molar-refractivity contribution in [1.29, 1.82) is 0 Å².